The Morgan fingerprint density at radius 3 is 2.96 bits per heavy atom. The van der Waals surface area contributed by atoms with E-state index < -0.39 is 0 Å². The number of likely N-dealkylation sites (tertiary alicyclic amines) is 1. The Morgan fingerprint density at radius 2 is 2.11 bits per heavy atom. The van der Waals surface area contributed by atoms with Crippen LogP contribution >= 0.6 is 0 Å². The van der Waals surface area contributed by atoms with E-state index >= 15 is 0 Å². The lowest BCUT2D eigenvalue weighted by atomic mass is 9.99. The Hall–Kier alpha value is -1.98. The molecule has 5 heteroatoms. The molecular weight excluding hydrogens is 336 g/mol. The molecule has 1 aromatic carbocycles. The maximum atomic E-state index is 5.63. The van der Waals surface area contributed by atoms with Gasteiger partial charge in [0.15, 0.2) is 0 Å². The predicted octanol–water partition coefficient (Wildman–Crippen LogP) is 3.51. The maximum absolute atomic E-state index is 5.63. The van der Waals surface area contributed by atoms with Crippen molar-refractivity contribution in [2.75, 3.05) is 27.2 Å². The number of aryl methyl sites for hydroxylation is 1. The lowest BCUT2D eigenvalue weighted by Gasteiger charge is -2.35. The van der Waals surface area contributed by atoms with Crippen molar-refractivity contribution in [3.05, 3.63) is 52.6 Å². The number of hydrogen-bond donors (Lipinski definition) is 0. The number of likely N-dealkylation sites (N-methyl/N-ethyl adjacent to an activating group) is 1. The number of aromatic nitrogens is 2. The third-order valence-electron chi connectivity index (χ3n) is 5.87. The molecular formula is C22H30N4O. The van der Waals surface area contributed by atoms with Gasteiger partial charge in [0.1, 0.15) is 11.6 Å². The Bertz CT molecular complexity index is 807. The molecule has 27 heavy (non-hydrogen) atoms. The van der Waals surface area contributed by atoms with Gasteiger partial charge in [0.25, 0.3) is 0 Å². The minimum Gasteiger partial charge on any atom is -0.496 e. The van der Waals surface area contributed by atoms with Crippen LogP contribution in [-0.4, -0.2) is 47.0 Å². The van der Waals surface area contributed by atoms with Crippen LogP contribution in [0, 0.1) is 6.92 Å². The van der Waals surface area contributed by atoms with E-state index in [2.05, 4.69) is 48.2 Å². The summed E-state index contributed by atoms with van der Waals surface area (Å²) < 4.78 is 5.63. The highest BCUT2D eigenvalue weighted by Crippen LogP contribution is 2.33. The van der Waals surface area contributed by atoms with Crippen molar-refractivity contribution >= 4 is 0 Å². The average molecular weight is 367 g/mol. The van der Waals surface area contributed by atoms with E-state index in [1.807, 2.05) is 0 Å². The molecule has 0 amide bonds. The second kappa shape index (κ2) is 7.95. The normalized spacial score (nSPS) is 21.1. The van der Waals surface area contributed by atoms with E-state index in [1.54, 1.807) is 7.11 Å². The van der Waals surface area contributed by atoms with E-state index in [0.29, 0.717) is 6.04 Å². The molecule has 2 aromatic rings. The maximum Gasteiger partial charge on any atom is 0.145 e. The molecule has 0 bridgehead atoms. The highest BCUT2D eigenvalue weighted by atomic mass is 16.5. The van der Waals surface area contributed by atoms with Gasteiger partial charge in [-0.25, -0.2) is 9.97 Å². The van der Waals surface area contributed by atoms with Crippen molar-refractivity contribution in [2.24, 2.45) is 0 Å². The molecule has 2 aliphatic heterocycles. The molecule has 0 saturated carbocycles. The molecule has 3 heterocycles. The second-order valence-electron chi connectivity index (χ2n) is 7.99. The third-order valence-corrected chi connectivity index (χ3v) is 5.87. The Morgan fingerprint density at radius 1 is 1.22 bits per heavy atom. The van der Waals surface area contributed by atoms with Crippen LogP contribution in [-0.2, 0) is 19.5 Å². The highest BCUT2D eigenvalue weighted by Gasteiger charge is 2.28. The van der Waals surface area contributed by atoms with Crippen LogP contribution < -0.4 is 4.74 Å². The van der Waals surface area contributed by atoms with Crippen LogP contribution in [0.25, 0.3) is 0 Å². The smallest absolute Gasteiger partial charge is 0.145 e. The molecule has 4 rings (SSSR count). The van der Waals surface area contributed by atoms with Gasteiger partial charge < -0.3 is 9.64 Å². The first-order valence-electron chi connectivity index (χ1n) is 10.0. The molecule has 0 radical (unpaired) electrons. The lowest BCUT2D eigenvalue weighted by Crippen LogP contribution is -2.35. The Kier molecular flexibility index (Phi) is 5.41. The van der Waals surface area contributed by atoms with Crippen LogP contribution in [0.15, 0.2) is 24.4 Å². The summed E-state index contributed by atoms with van der Waals surface area (Å²) in [6, 6.07) is 6.79. The van der Waals surface area contributed by atoms with Crippen LogP contribution in [0.1, 0.15) is 53.5 Å². The summed E-state index contributed by atoms with van der Waals surface area (Å²) in [6.07, 6.45) is 6.70. The number of piperidine rings is 1. The summed E-state index contributed by atoms with van der Waals surface area (Å²) in [4.78, 5) is 14.7. The van der Waals surface area contributed by atoms with E-state index in [4.69, 9.17) is 14.7 Å². The van der Waals surface area contributed by atoms with Gasteiger partial charge in [0, 0.05) is 49.1 Å². The van der Waals surface area contributed by atoms with E-state index in [-0.39, 0.29) is 0 Å². The van der Waals surface area contributed by atoms with Gasteiger partial charge in [-0.05, 0) is 45.0 Å². The molecule has 0 aliphatic carbocycles. The molecule has 1 saturated heterocycles. The number of ether oxygens (including phenoxy) is 1. The standard InChI is InChI=1S/C22H30N4O/c1-16-7-8-17(21(12-16)27-3)15-26-10-5-4-6-20(26)22-23-13-18-14-25(2)11-9-19(18)24-22/h7-8,12-13,20H,4-6,9-11,14-15H2,1-3H3. The van der Waals surface area contributed by atoms with Crippen molar-refractivity contribution in [1.29, 1.82) is 0 Å². The van der Waals surface area contributed by atoms with Crippen LogP contribution in [0.2, 0.25) is 0 Å². The van der Waals surface area contributed by atoms with Crippen molar-refractivity contribution in [2.45, 2.75) is 51.7 Å². The SMILES string of the molecule is COc1cc(C)ccc1CN1CCCCC1c1ncc2c(n1)CCN(C)C2. The van der Waals surface area contributed by atoms with Gasteiger partial charge >= 0.3 is 0 Å². The summed E-state index contributed by atoms with van der Waals surface area (Å²) in [7, 11) is 3.92. The van der Waals surface area contributed by atoms with Crippen LogP contribution in [0.3, 0.4) is 0 Å². The molecule has 5 nitrogen and oxygen atoms in total. The van der Waals surface area contributed by atoms with Gasteiger partial charge in [0.2, 0.25) is 0 Å². The third kappa shape index (κ3) is 3.99. The first-order valence-corrected chi connectivity index (χ1v) is 10.0. The first-order chi connectivity index (χ1) is 13.1. The summed E-state index contributed by atoms with van der Waals surface area (Å²) in [5.41, 5.74) is 5.01. The van der Waals surface area contributed by atoms with Crippen LogP contribution in [0.5, 0.6) is 5.75 Å². The topological polar surface area (TPSA) is 41.5 Å². The van der Waals surface area contributed by atoms with Gasteiger partial charge in [-0.1, -0.05) is 18.6 Å². The summed E-state index contributed by atoms with van der Waals surface area (Å²) in [5, 5.41) is 0. The molecule has 1 atom stereocenters. The van der Waals surface area contributed by atoms with Crippen molar-refractivity contribution in [3.63, 3.8) is 0 Å². The lowest BCUT2D eigenvalue weighted by molar-refractivity contribution is 0.132. The van der Waals surface area contributed by atoms with E-state index in [1.165, 1.54) is 35.2 Å². The van der Waals surface area contributed by atoms with Gasteiger partial charge in [-0.15, -0.1) is 0 Å². The molecule has 0 N–H and O–H groups in total. The molecule has 1 fully saturated rings. The zero-order valence-corrected chi connectivity index (χ0v) is 16.7. The van der Waals surface area contributed by atoms with Gasteiger partial charge in [0.05, 0.1) is 13.2 Å². The zero-order valence-electron chi connectivity index (χ0n) is 16.7. The fraction of sp³-hybridized carbons (Fsp3) is 0.545. The minimum absolute atomic E-state index is 0.301. The second-order valence-corrected chi connectivity index (χ2v) is 7.99. The van der Waals surface area contributed by atoms with E-state index in [9.17, 15) is 0 Å². The fourth-order valence-corrected chi connectivity index (χ4v) is 4.31. The number of rotatable bonds is 4. The average Bonchev–Trinajstić information content (AvgIpc) is 2.69. The minimum atomic E-state index is 0.301. The largest absolute Gasteiger partial charge is 0.496 e. The highest BCUT2D eigenvalue weighted by molar-refractivity contribution is 5.37. The summed E-state index contributed by atoms with van der Waals surface area (Å²) >= 11 is 0. The van der Waals surface area contributed by atoms with Crippen molar-refractivity contribution < 1.29 is 4.74 Å². The van der Waals surface area contributed by atoms with Crippen LogP contribution in [0.4, 0.5) is 0 Å². The molecule has 2 aliphatic rings. The summed E-state index contributed by atoms with van der Waals surface area (Å²) in [6.45, 7) is 6.12. The van der Waals surface area contributed by atoms with Crippen molar-refractivity contribution in [1.82, 2.24) is 19.8 Å². The number of methoxy groups -OCH3 is 1. The number of nitrogens with zero attached hydrogens (tertiary/aromatic N) is 4. The van der Waals surface area contributed by atoms with Gasteiger partial charge in [-0.2, -0.15) is 0 Å². The monoisotopic (exact) mass is 366 g/mol. The zero-order chi connectivity index (χ0) is 18.8. The number of fused-ring (bicyclic) bond motifs is 1. The molecule has 0 spiro atoms. The number of hydrogen-bond acceptors (Lipinski definition) is 5. The molecule has 1 unspecified atom stereocenters. The van der Waals surface area contributed by atoms with Gasteiger partial charge in [-0.3, -0.25) is 4.90 Å². The fourth-order valence-electron chi connectivity index (χ4n) is 4.31. The first kappa shape index (κ1) is 18.4. The predicted molar refractivity (Wildman–Crippen MR) is 107 cm³/mol. The Balaban J connectivity index is 1.58. The Labute approximate surface area is 162 Å². The summed E-state index contributed by atoms with van der Waals surface area (Å²) in [5.74, 6) is 1.98. The quantitative estimate of drug-likeness (QED) is 0.828. The van der Waals surface area contributed by atoms with Crippen molar-refractivity contribution in [3.8, 4) is 5.75 Å². The van der Waals surface area contributed by atoms with E-state index in [0.717, 1.165) is 50.6 Å². The molecule has 1 aromatic heterocycles. The molecule has 144 valence electrons. The number of benzene rings is 1.